The Morgan fingerprint density at radius 2 is 1.70 bits per heavy atom. The van der Waals surface area contributed by atoms with Crippen LogP contribution >= 0.6 is 0 Å². The number of likely N-dealkylation sites (tertiary alicyclic amines) is 1. The predicted molar refractivity (Wildman–Crippen MR) is 102 cm³/mol. The Morgan fingerprint density at radius 1 is 1.04 bits per heavy atom. The molecule has 2 aromatic carbocycles. The molecule has 1 heterocycles. The number of nitrogens with zero attached hydrogens (tertiary/aromatic N) is 1. The van der Waals surface area contributed by atoms with Gasteiger partial charge >= 0.3 is 12.1 Å². The molecule has 1 aliphatic heterocycles. The lowest BCUT2D eigenvalue weighted by Gasteiger charge is -2.38. The number of amides is 1. The van der Waals surface area contributed by atoms with E-state index in [4.69, 9.17) is 9.47 Å². The van der Waals surface area contributed by atoms with Gasteiger partial charge in [0.25, 0.3) is 0 Å². The summed E-state index contributed by atoms with van der Waals surface area (Å²) in [5, 5.41) is 0. The van der Waals surface area contributed by atoms with Crippen molar-refractivity contribution in [2.75, 3.05) is 13.7 Å². The fourth-order valence-corrected chi connectivity index (χ4v) is 3.64. The Kier molecular flexibility index (Phi) is 6.47. The summed E-state index contributed by atoms with van der Waals surface area (Å²) in [5.74, 6) is -0.838. The van der Waals surface area contributed by atoms with Gasteiger partial charge in [0, 0.05) is 6.54 Å². The molecular formula is C22H25NO4. The van der Waals surface area contributed by atoms with E-state index in [9.17, 15) is 9.59 Å². The van der Waals surface area contributed by atoms with Crippen molar-refractivity contribution in [3.8, 4) is 0 Å². The van der Waals surface area contributed by atoms with Gasteiger partial charge in [0.2, 0.25) is 0 Å². The molecule has 27 heavy (non-hydrogen) atoms. The molecule has 2 aromatic rings. The summed E-state index contributed by atoms with van der Waals surface area (Å²) in [7, 11) is 1.39. The molecule has 0 radical (unpaired) electrons. The molecule has 1 saturated heterocycles. The van der Waals surface area contributed by atoms with Crippen molar-refractivity contribution >= 4 is 12.1 Å². The molecule has 0 spiro atoms. The van der Waals surface area contributed by atoms with E-state index in [1.807, 2.05) is 60.7 Å². The van der Waals surface area contributed by atoms with Crippen molar-refractivity contribution in [3.63, 3.8) is 0 Å². The first kappa shape index (κ1) is 19.0. The highest BCUT2D eigenvalue weighted by Crippen LogP contribution is 2.32. The number of rotatable bonds is 5. The van der Waals surface area contributed by atoms with Gasteiger partial charge in [0.05, 0.1) is 13.2 Å². The zero-order chi connectivity index (χ0) is 19.1. The van der Waals surface area contributed by atoms with E-state index < -0.39 is 5.92 Å². The Morgan fingerprint density at radius 3 is 2.37 bits per heavy atom. The van der Waals surface area contributed by atoms with Gasteiger partial charge < -0.3 is 14.4 Å². The Balaban J connectivity index is 1.78. The lowest BCUT2D eigenvalue weighted by atomic mass is 9.85. The van der Waals surface area contributed by atoms with Gasteiger partial charge in [-0.3, -0.25) is 4.79 Å². The van der Waals surface area contributed by atoms with E-state index >= 15 is 0 Å². The molecule has 1 amide bonds. The van der Waals surface area contributed by atoms with Crippen molar-refractivity contribution < 1.29 is 19.1 Å². The number of methoxy groups -OCH3 is 1. The fourth-order valence-electron chi connectivity index (χ4n) is 3.64. The molecule has 0 unspecified atom stereocenters. The van der Waals surface area contributed by atoms with Gasteiger partial charge in [0.15, 0.2) is 0 Å². The molecular weight excluding hydrogens is 342 g/mol. The van der Waals surface area contributed by atoms with Crippen LogP contribution < -0.4 is 0 Å². The van der Waals surface area contributed by atoms with Gasteiger partial charge in [-0.25, -0.2) is 4.79 Å². The fraction of sp³-hybridized carbons (Fsp3) is 0.364. The number of benzene rings is 2. The molecule has 1 fully saturated rings. The number of hydrogen-bond donors (Lipinski definition) is 0. The van der Waals surface area contributed by atoms with Crippen LogP contribution in [-0.4, -0.2) is 36.7 Å². The van der Waals surface area contributed by atoms with Crippen LogP contribution in [0.1, 0.15) is 36.3 Å². The largest absolute Gasteiger partial charge is 0.468 e. The first-order valence-electron chi connectivity index (χ1n) is 9.31. The lowest BCUT2D eigenvalue weighted by molar-refractivity contribution is -0.144. The average molecular weight is 367 g/mol. The minimum atomic E-state index is -0.513. The second kappa shape index (κ2) is 9.21. The van der Waals surface area contributed by atoms with Crippen molar-refractivity contribution in [2.24, 2.45) is 0 Å². The molecule has 2 atom stereocenters. The maximum Gasteiger partial charge on any atom is 0.410 e. The summed E-state index contributed by atoms with van der Waals surface area (Å²) in [6.07, 6.45) is 2.23. The van der Waals surface area contributed by atoms with E-state index in [0.29, 0.717) is 6.54 Å². The maximum absolute atomic E-state index is 12.8. The smallest absolute Gasteiger partial charge is 0.410 e. The third-order valence-corrected chi connectivity index (χ3v) is 4.99. The molecule has 0 aliphatic carbocycles. The van der Waals surface area contributed by atoms with Crippen molar-refractivity contribution in [1.29, 1.82) is 0 Å². The third kappa shape index (κ3) is 4.67. The number of piperidine rings is 1. The number of carbonyl (C=O) groups excluding carboxylic acids is 2. The van der Waals surface area contributed by atoms with Gasteiger partial charge in [-0.15, -0.1) is 0 Å². The second-order valence-electron chi connectivity index (χ2n) is 6.71. The Labute approximate surface area is 159 Å². The molecule has 142 valence electrons. The number of carbonyl (C=O) groups is 2. The minimum Gasteiger partial charge on any atom is -0.468 e. The van der Waals surface area contributed by atoms with Gasteiger partial charge in [-0.2, -0.15) is 0 Å². The summed E-state index contributed by atoms with van der Waals surface area (Å²) >= 11 is 0. The third-order valence-electron chi connectivity index (χ3n) is 4.99. The average Bonchev–Trinajstić information content (AvgIpc) is 2.74. The van der Waals surface area contributed by atoms with Crippen molar-refractivity contribution in [1.82, 2.24) is 4.90 Å². The van der Waals surface area contributed by atoms with Crippen LogP contribution in [0.5, 0.6) is 0 Å². The topological polar surface area (TPSA) is 55.8 Å². The van der Waals surface area contributed by atoms with Crippen LogP contribution in [0, 0.1) is 0 Å². The molecule has 0 N–H and O–H groups in total. The lowest BCUT2D eigenvalue weighted by Crippen LogP contribution is -2.49. The quantitative estimate of drug-likeness (QED) is 0.746. The standard InChI is InChI=1S/C22H25NO4/c1-26-21(24)20(18-12-6-3-7-13-18)19-14-8-9-15-23(19)22(25)27-16-17-10-4-2-5-11-17/h2-7,10-13,19-20H,8-9,14-16H2,1H3/t19-,20+/m0/s1. The summed E-state index contributed by atoms with van der Waals surface area (Å²) in [6, 6.07) is 18.8. The van der Waals surface area contributed by atoms with Crippen LogP contribution in [0.25, 0.3) is 0 Å². The van der Waals surface area contributed by atoms with Gasteiger partial charge in [0.1, 0.15) is 12.5 Å². The molecule has 0 saturated carbocycles. The summed E-state index contributed by atoms with van der Waals surface area (Å²) in [5.41, 5.74) is 1.80. The zero-order valence-electron chi connectivity index (χ0n) is 15.5. The number of esters is 1. The second-order valence-corrected chi connectivity index (χ2v) is 6.71. The van der Waals surface area contributed by atoms with Crippen LogP contribution in [0.15, 0.2) is 60.7 Å². The summed E-state index contributed by atoms with van der Waals surface area (Å²) in [6.45, 7) is 0.801. The number of ether oxygens (including phenoxy) is 2. The number of hydrogen-bond acceptors (Lipinski definition) is 4. The van der Waals surface area contributed by atoms with E-state index in [2.05, 4.69) is 0 Å². The molecule has 1 aliphatic rings. The van der Waals surface area contributed by atoms with Crippen LogP contribution in [-0.2, 0) is 20.9 Å². The molecule has 0 aromatic heterocycles. The molecule has 5 heteroatoms. The Bertz CT molecular complexity index is 747. The summed E-state index contributed by atoms with van der Waals surface area (Å²) in [4.78, 5) is 27.0. The zero-order valence-corrected chi connectivity index (χ0v) is 15.5. The highest BCUT2D eigenvalue weighted by molar-refractivity contribution is 5.80. The SMILES string of the molecule is COC(=O)[C@H](c1ccccc1)[C@@H]1CCCCN1C(=O)OCc1ccccc1. The minimum absolute atomic E-state index is 0.219. The molecule has 3 rings (SSSR count). The first-order valence-corrected chi connectivity index (χ1v) is 9.31. The van der Waals surface area contributed by atoms with Crippen molar-refractivity contribution in [3.05, 3.63) is 71.8 Å². The molecule has 0 bridgehead atoms. The van der Waals surface area contributed by atoms with E-state index in [1.54, 1.807) is 4.90 Å². The van der Waals surface area contributed by atoms with Crippen LogP contribution in [0.2, 0.25) is 0 Å². The first-order chi connectivity index (χ1) is 13.2. The van der Waals surface area contributed by atoms with Gasteiger partial charge in [-0.05, 0) is 30.4 Å². The predicted octanol–water partition coefficient (Wildman–Crippen LogP) is 4.13. The van der Waals surface area contributed by atoms with E-state index in [1.165, 1.54) is 7.11 Å². The van der Waals surface area contributed by atoms with Gasteiger partial charge in [-0.1, -0.05) is 60.7 Å². The maximum atomic E-state index is 12.8. The Hall–Kier alpha value is -2.82. The van der Waals surface area contributed by atoms with Crippen LogP contribution in [0.3, 0.4) is 0 Å². The highest BCUT2D eigenvalue weighted by Gasteiger charge is 2.39. The van der Waals surface area contributed by atoms with E-state index in [0.717, 1.165) is 30.4 Å². The highest BCUT2D eigenvalue weighted by atomic mass is 16.6. The normalized spacial score (nSPS) is 17.8. The summed E-state index contributed by atoms with van der Waals surface area (Å²) < 4.78 is 10.6. The monoisotopic (exact) mass is 367 g/mol. The molecule has 5 nitrogen and oxygen atoms in total. The van der Waals surface area contributed by atoms with Crippen molar-refractivity contribution in [2.45, 2.75) is 37.8 Å². The van der Waals surface area contributed by atoms with E-state index in [-0.39, 0.29) is 24.7 Å². The van der Waals surface area contributed by atoms with Crippen LogP contribution in [0.4, 0.5) is 4.79 Å².